The molecule has 0 aromatic heterocycles. The number of allylic oxidation sites excluding steroid dienone is 2. The molecular formula is C22H36O4. The molecule has 0 saturated heterocycles. The van der Waals surface area contributed by atoms with Crippen molar-refractivity contribution in [2.24, 2.45) is 29.1 Å². The maximum atomic E-state index is 11.8. The first-order valence-electron chi connectivity index (χ1n) is 10.3. The standard InChI is InChI=1S/C22H36O4/c1-14-5-9-20(22(4)12-11-18(24)13-15(22)2)16(3)19(14)8-6-17(23)7-10-21(25)26/h13-14,16-17,19-20,23H,5-12H2,1-4H3,(H,25,26). The van der Waals surface area contributed by atoms with Gasteiger partial charge in [-0.2, -0.15) is 0 Å². The monoisotopic (exact) mass is 364 g/mol. The largest absolute Gasteiger partial charge is 0.481 e. The number of carbonyl (C=O) groups excluding carboxylic acids is 1. The fourth-order valence-corrected chi connectivity index (χ4v) is 5.54. The third-order valence-corrected chi connectivity index (χ3v) is 7.49. The van der Waals surface area contributed by atoms with Crippen LogP contribution in [0.25, 0.3) is 0 Å². The van der Waals surface area contributed by atoms with Crippen LogP contribution in [0.4, 0.5) is 0 Å². The van der Waals surface area contributed by atoms with E-state index in [1.165, 1.54) is 18.4 Å². The van der Waals surface area contributed by atoms with E-state index in [9.17, 15) is 14.7 Å². The van der Waals surface area contributed by atoms with E-state index < -0.39 is 12.1 Å². The lowest BCUT2D eigenvalue weighted by Gasteiger charge is -2.50. The molecule has 26 heavy (non-hydrogen) atoms. The summed E-state index contributed by atoms with van der Waals surface area (Å²) in [4.78, 5) is 22.5. The van der Waals surface area contributed by atoms with Crippen LogP contribution in [0.1, 0.15) is 79.1 Å². The summed E-state index contributed by atoms with van der Waals surface area (Å²) in [5.41, 5.74) is 1.34. The number of ketones is 1. The molecule has 0 aliphatic heterocycles. The van der Waals surface area contributed by atoms with Crippen molar-refractivity contribution >= 4 is 11.8 Å². The molecule has 4 nitrogen and oxygen atoms in total. The molecule has 2 aliphatic rings. The summed E-state index contributed by atoms with van der Waals surface area (Å²) in [5, 5.41) is 18.9. The number of aliphatic carboxylic acids is 1. The lowest BCUT2D eigenvalue weighted by Crippen LogP contribution is -2.43. The van der Waals surface area contributed by atoms with E-state index in [0.29, 0.717) is 42.9 Å². The number of aliphatic hydroxyl groups excluding tert-OH is 1. The molecule has 6 unspecified atom stereocenters. The second kappa shape index (κ2) is 8.69. The first-order chi connectivity index (χ1) is 12.1. The van der Waals surface area contributed by atoms with Crippen molar-refractivity contribution in [2.75, 3.05) is 0 Å². The van der Waals surface area contributed by atoms with Gasteiger partial charge in [-0.1, -0.05) is 32.8 Å². The van der Waals surface area contributed by atoms with E-state index >= 15 is 0 Å². The molecule has 0 spiro atoms. The lowest BCUT2D eigenvalue weighted by molar-refractivity contribution is -0.137. The quantitative estimate of drug-likeness (QED) is 0.692. The Hall–Kier alpha value is -1.16. The van der Waals surface area contributed by atoms with Crippen LogP contribution >= 0.6 is 0 Å². The minimum atomic E-state index is -0.842. The average Bonchev–Trinajstić information content (AvgIpc) is 2.56. The number of carbonyl (C=O) groups is 2. The highest BCUT2D eigenvalue weighted by molar-refractivity contribution is 5.91. The van der Waals surface area contributed by atoms with Gasteiger partial charge in [0.2, 0.25) is 0 Å². The third-order valence-electron chi connectivity index (χ3n) is 7.49. The Bertz CT molecular complexity index is 552. The SMILES string of the molecule is CC1=CC(=O)CCC1(C)C1CCC(C)C(CCC(O)CCC(=O)O)C1C. The summed E-state index contributed by atoms with van der Waals surface area (Å²) in [5.74, 6) is 1.72. The van der Waals surface area contributed by atoms with E-state index in [1.54, 1.807) is 0 Å². The lowest BCUT2D eigenvalue weighted by atomic mass is 9.54. The normalized spacial score (nSPS) is 36.5. The topological polar surface area (TPSA) is 74.6 Å². The van der Waals surface area contributed by atoms with Gasteiger partial charge >= 0.3 is 5.97 Å². The van der Waals surface area contributed by atoms with Crippen LogP contribution in [-0.4, -0.2) is 28.1 Å². The highest BCUT2D eigenvalue weighted by Crippen LogP contribution is 2.54. The molecule has 0 amide bonds. The van der Waals surface area contributed by atoms with Crippen LogP contribution in [0.5, 0.6) is 0 Å². The third kappa shape index (κ3) is 4.76. The van der Waals surface area contributed by atoms with Crippen LogP contribution in [0.15, 0.2) is 11.6 Å². The van der Waals surface area contributed by atoms with Gasteiger partial charge in [-0.05, 0) is 74.2 Å². The zero-order valence-corrected chi connectivity index (χ0v) is 16.8. The summed E-state index contributed by atoms with van der Waals surface area (Å²) in [6, 6.07) is 0. The molecule has 0 radical (unpaired) electrons. The minimum absolute atomic E-state index is 0.0374. The Morgan fingerprint density at radius 3 is 2.62 bits per heavy atom. The van der Waals surface area contributed by atoms with Gasteiger partial charge in [-0.15, -0.1) is 0 Å². The van der Waals surface area contributed by atoms with Gasteiger partial charge in [-0.3, -0.25) is 9.59 Å². The second-order valence-electron chi connectivity index (χ2n) is 9.06. The van der Waals surface area contributed by atoms with E-state index in [4.69, 9.17) is 5.11 Å². The van der Waals surface area contributed by atoms with Crippen molar-refractivity contribution < 1.29 is 19.8 Å². The fraction of sp³-hybridized carbons (Fsp3) is 0.818. The molecule has 2 N–H and O–H groups in total. The average molecular weight is 365 g/mol. The molecule has 0 bridgehead atoms. The molecule has 0 aromatic carbocycles. The fourth-order valence-electron chi connectivity index (χ4n) is 5.54. The second-order valence-corrected chi connectivity index (χ2v) is 9.06. The predicted octanol–water partition coefficient (Wildman–Crippen LogP) is 4.61. The zero-order chi connectivity index (χ0) is 19.5. The summed E-state index contributed by atoms with van der Waals surface area (Å²) in [7, 11) is 0. The van der Waals surface area contributed by atoms with Gasteiger partial charge in [0, 0.05) is 12.8 Å². The molecule has 1 fully saturated rings. The molecular weight excluding hydrogens is 328 g/mol. The number of rotatable bonds is 7. The minimum Gasteiger partial charge on any atom is -0.481 e. The highest BCUT2D eigenvalue weighted by Gasteiger charge is 2.45. The molecule has 6 atom stereocenters. The summed E-state index contributed by atoms with van der Waals surface area (Å²) < 4.78 is 0. The van der Waals surface area contributed by atoms with Crippen LogP contribution < -0.4 is 0 Å². The number of hydrogen-bond donors (Lipinski definition) is 2. The van der Waals surface area contributed by atoms with Crippen LogP contribution in [-0.2, 0) is 9.59 Å². The Balaban J connectivity index is 2.03. The van der Waals surface area contributed by atoms with E-state index in [1.807, 2.05) is 6.08 Å². The van der Waals surface area contributed by atoms with Crippen LogP contribution in [0.3, 0.4) is 0 Å². The Morgan fingerprint density at radius 2 is 2.00 bits per heavy atom. The van der Waals surface area contributed by atoms with Crippen molar-refractivity contribution in [2.45, 2.75) is 85.2 Å². The smallest absolute Gasteiger partial charge is 0.303 e. The summed E-state index contributed by atoms with van der Waals surface area (Å²) >= 11 is 0. The van der Waals surface area contributed by atoms with Crippen molar-refractivity contribution in [3.05, 3.63) is 11.6 Å². The first-order valence-corrected chi connectivity index (χ1v) is 10.3. The Labute approximate surface area is 158 Å². The molecule has 2 rings (SSSR count). The number of carboxylic acids is 1. The maximum Gasteiger partial charge on any atom is 0.303 e. The van der Waals surface area contributed by atoms with Crippen molar-refractivity contribution in [3.8, 4) is 0 Å². The van der Waals surface area contributed by atoms with Gasteiger partial charge < -0.3 is 10.2 Å². The van der Waals surface area contributed by atoms with E-state index in [2.05, 4.69) is 27.7 Å². The predicted molar refractivity (Wildman–Crippen MR) is 103 cm³/mol. The first kappa shape index (κ1) is 21.1. The number of carboxylic acid groups (broad SMARTS) is 1. The van der Waals surface area contributed by atoms with E-state index in [0.717, 1.165) is 12.8 Å². The summed E-state index contributed by atoms with van der Waals surface area (Å²) in [6.45, 7) is 9.12. The molecule has 0 heterocycles. The van der Waals surface area contributed by atoms with Crippen LogP contribution in [0, 0.1) is 29.1 Å². The van der Waals surface area contributed by atoms with E-state index in [-0.39, 0.29) is 17.6 Å². The van der Waals surface area contributed by atoms with Crippen molar-refractivity contribution in [1.29, 1.82) is 0 Å². The molecule has 2 aliphatic carbocycles. The molecule has 148 valence electrons. The number of aliphatic hydroxyl groups is 1. The maximum absolute atomic E-state index is 11.8. The van der Waals surface area contributed by atoms with Gasteiger partial charge in [0.25, 0.3) is 0 Å². The van der Waals surface area contributed by atoms with Gasteiger partial charge in [0.05, 0.1) is 6.10 Å². The van der Waals surface area contributed by atoms with Crippen LogP contribution in [0.2, 0.25) is 0 Å². The summed E-state index contributed by atoms with van der Waals surface area (Å²) in [6.07, 6.45) is 7.37. The van der Waals surface area contributed by atoms with Gasteiger partial charge in [0.15, 0.2) is 5.78 Å². The molecule has 0 aromatic rings. The molecule has 1 saturated carbocycles. The van der Waals surface area contributed by atoms with Crippen molar-refractivity contribution in [1.82, 2.24) is 0 Å². The van der Waals surface area contributed by atoms with Crippen molar-refractivity contribution in [3.63, 3.8) is 0 Å². The van der Waals surface area contributed by atoms with Gasteiger partial charge in [0.1, 0.15) is 0 Å². The Kier molecular flexibility index (Phi) is 7.06. The number of hydrogen-bond acceptors (Lipinski definition) is 3. The molecule has 4 heteroatoms. The van der Waals surface area contributed by atoms with Gasteiger partial charge in [-0.25, -0.2) is 0 Å². The zero-order valence-electron chi connectivity index (χ0n) is 16.8. The highest BCUT2D eigenvalue weighted by atomic mass is 16.4. The Morgan fingerprint density at radius 1 is 1.31 bits per heavy atom.